The second-order valence-electron chi connectivity index (χ2n) is 6.76. The number of rotatable bonds is 4. The minimum Gasteiger partial charge on any atom is -0.355 e. The van der Waals surface area contributed by atoms with Crippen molar-refractivity contribution in [2.75, 3.05) is 29.5 Å². The number of sulfone groups is 1. The molecule has 2 aliphatic rings. The van der Waals surface area contributed by atoms with Crippen LogP contribution in [0.4, 0.5) is 5.69 Å². The van der Waals surface area contributed by atoms with Crippen LogP contribution < -0.4 is 10.2 Å². The second-order valence-corrected chi connectivity index (χ2v) is 8.98. The van der Waals surface area contributed by atoms with Gasteiger partial charge in [-0.2, -0.15) is 0 Å². The van der Waals surface area contributed by atoms with Crippen molar-refractivity contribution in [2.45, 2.75) is 19.8 Å². The molecule has 2 amide bonds. The zero-order chi connectivity index (χ0) is 17.3. The fraction of sp³-hybridized carbons (Fsp3) is 0.529. The molecule has 2 heterocycles. The van der Waals surface area contributed by atoms with E-state index in [9.17, 15) is 18.0 Å². The van der Waals surface area contributed by atoms with Crippen LogP contribution in [0.15, 0.2) is 24.3 Å². The molecule has 1 N–H and O–H groups in total. The van der Waals surface area contributed by atoms with Gasteiger partial charge in [0.2, 0.25) is 11.8 Å². The number of anilines is 1. The van der Waals surface area contributed by atoms with E-state index in [0.29, 0.717) is 19.5 Å². The molecule has 2 aliphatic heterocycles. The zero-order valence-electron chi connectivity index (χ0n) is 13.7. The fourth-order valence-electron chi connectivity index (χ4n) is 3.28. The predicted molar refractivity (Wildman–Crippen MR) is 91.4 cm³/mol. The van der Waals surface area contributed by atoms with Crippen LogP contribution in [0.3, 0.4) is 0 Å². The van der Waals surface area contributed by atoms with Crippen LogP contribution in [-0.4, -0.2) is 44.8 Å². The molecule has 7 heteroatoms. The number of hydrogen-bond donors (Lipinski definition) is 1. The largest absolute Gasteiger partial charge is 0.355 e. The molecule has 6 nitrogen and oxygen atoms in total. The molecule has 0 aliphatic carbocycles. The average molecular weight is 350 g/mol. The van der Waals surface area contributed by atoms with Crippen LogP contribution in [0, 0.1) is 18.8 Å². The topological polar surface area (TPSA) is 83.6 Å². The molecule has 0 unspecified atom stereocenters. The van der Waals surface area contributed by atoms with Crippen molar-refractivity contribution in [3.8, 4) is 0 Å². The molecular formula is C17H22N2O4S. The maximum atomic E-state index is 12.3. The Kier molecular flexibility index (Phi) is 4.62. The van der Waals surface area contributed by atoms with E-state index < -0.39 is 9.84 Å². The Morgan fingerprint density at radius 2 is 2.00 bits per heavy atom. The molecule has 2 atom stereocenters. The predicted octanol–water partition coefficient (Wildman–Crippen LogP) is 0.899. The first-order valence-electron chi connectivity index (χ1n) is 8.19. The third kappa shape index (κ3) is 3.77. The van der Waals surface area contributed by atoms with Gasteiger partial charge in [0, 0.05) is 25.2 Å². The molecule has 24 heavy (non-hydrogen) atoms. The number of hydrogen-bond acceptors (Lipinski definition) is 4. The molecule has 0 saturated carbocycles. The average Bonchev–Trinajstić information content (AvgIpc) is 3.08. The Balaban J connectivity index is 1.55. The van der Waals surface area contributed by atoms with E-state index in [1.807, 2.05) is 31.2 Å². The van der Waals surface area contributed by atoms with Crippen molar-refractivity contribution in [3.63, 3.8) is 0 Å². The Bertz CT molecular complexity index is 742. The van der Waals surface area contributed by atoms with Gasteiger partial charge in [0.25, 0.3) is 0 Å². The normalized spacial score (nSPS) is 25.9. The maximum Gasteiger partial charge on any atom is 0.227 e. The molecule has 130 valence electrons. The van der Waals surface area contributed by atoms with Gasteiger partial charge in [0.05, 0.1) is 17.4 Å². The highest BCUT2D eigenvalue weighted by atomic mass is 32.2. The number of carbonyl (C=O) groups excluding carboxylic acids is 2. The summed E-state index contributed by atoms with van der Waals surface area (Å²) in [7, 11) is -2.93. The summed E-state index contributed by atoms with van der Waals surface area (Å²) in [6.45, 7) is 2.72. The minimum atomic E-state index is -2.93. The van der Waals surface area contributed by atoms with Gasteiger partial charge >= 0.3 is 0 Å². The molecule has 0 spiro atoms. The standard InChI is InChI=1S/C17H22N2O4S/c1-12-2-4-15(5-3-12)19-10-14(8-16(19)20)17(21)18-9-13-6-7-24(22,23)11-13/h2-5,13-14H,6-11H2,1H3,(H,18,21)/t13-,14+/m0/s1. The summed E-state index contributed by atoms with van der Waals surface area (Å²) in [4.78, 5) is 26.1. The van der Waals surface area contributed by atoms with E-state index in [-0.39, 0.29) is 41.6 Å². The van der Waals surface area contributed by atoms with Gasteiger partial charge in [-0.05, 0) is 31.4 Å². The summed E-state index contributed by atoms with van der Waals surface area (Å²) < 4.78 is 22.9. The lowest BCUT2D eigenvalue weighted by Crippen LogP contribution is -2.36. The highest BCUT2D eigenvalue weighted by molar-refractivity contribution is 7.91. The molecular weight excluding hydrogens is 328 g/mol. The van der Waals surface area contributed by atoms with E-state index >= 15 is 0 Å². The Morgan fingerprint density at radius 3 is 2.62 bits per heavy atom. The Morgan fingerprint density at radius 1 is 1.29 bits per heavy atom. The van der Waals surface area contributed by atoms with Crippen LogP contribution in [0.25, 0.3) is 0 Å². The molecule has 1 aromatic carbocycles. The lowest BCUT2D eigenvalue weighted by molar-refractivity contribution is -0.126. The molecule has 1 aromatic rings. The summed E-state index contributed by atoms with van der Waals surface area (Å²) in [6, 6.07) is 7.65. The monoisotopic (exact) mass is 350 g/mol. The van der Waals surface area contributed by atoms with Crippen molar-refractivity contribution in [1.29, 1.82) is 0 Å². The molecule has 0 bridgehead atoms. The number of aryl methyl sites for hydroxylation is 1. The van der Waals surface area contributed by atoms with E-state index in [2.05, 4.69) is 5.32 Å². The summed E-state index contributed by atoms with van der Waals surface area (Å²) in [5.41, 5.74) is 1.92. The first-order chi connectivity index (χ1) is 11.3. The first kappa shape index (κ1) is 17.0. The quantitative estimate of drug-likeness (QED) is 0.874. The number of carbonyl (C=O) groups is 2. The van der Waals surface area contributed by atoms with Gasteiger partial charge in [-0.1, -0.05) is 17.7 Å². The van der Waals surface area contributed by atoms with E-state index in [4.69, 9.17) is 0 Å². The molecule has 2 saturated heterocycles. The molecule has 0 aromatic heterocycles. The van der Waals surface area contributed by atoms with Crippen LogP contribution in [0.1, 0.15) is 18.4 Å². The lowest BCUT2D eigenvalue weighted by atomic mass is 10.1. The summed E-state index contributed by atoms with van der Waals surface area (Å²) in [5.74, 6) is -0.256. The van der Waals surface area contributed by atoms with E-state index in [1.165, 1.54) is 0 Å². The van der Waals surface area contributed by atoms with Crippen molar-refractivity contribution >= 4 is 27.3 Å². The van der Waals surface area contributed by atoms with E-state index in [0.717, 1.165) is 11.3 Å². The number of nitrogens with one attached hydrogen (secondary N) is 1. The van der Waals surface area contributed by atoms with Crippen molar-refractivity contribution in [1.82, 2.24) is 5.32 Å². The lowest BCUT2D eigenvalue weighted by Gasteiger charge is -2.17. The third-order valence-corrected chi connectivity index (χ3v) is 6.57. The van der Waals surface area contributed by atoms with Gasteiger partial charge < -0.3 is 10.2 Å². The SMILES string of the molecule is Cc1ccc(N2C[C@H](C(=O)NC[C@@H]3CCS(=O)(=O)C3)CC2=O)cc1. The van der Waals surface area contributed by atoms with Gasteiger partial charge in [-0.15, -0.1) is 0 Å². The number of benzene rings is 1. The Labute approximate surface area is 142 Å². The van der Waals surface area contributed by atoms with Crippen molar-refractivity contribution in [2.24, 2.45) is 11.8 Å². The zero-order valence-corrected chi connectivity index (χ0v) is 14.5. The highest BCUT2D eigenvalue weighted by Crippen LogP contribution is 2.25. The number of nitrogens with zero attached hydrogens (tertiary/aromatic N) is 1. The fourth-order valence-corrected chi connectivity index (χ4v) is 5.14. The molecule has 2 fully saturated rings. The Hall–Kier alpha value is -1.89. The van der Waals surface area contributed by atoms with Crippen LogP contribution in [0.2, 0.25) is 0 Å². The van der Waals surface area contributed by atoms with E-state index in [1.54, 1.807) is 4.90 Å². The van der Waals surface area contributed by atoms with Gasteiger partial charge in [-0.3, -0.25) is 9.59 Å². The maximum absolute atomic E-state index is 12.3. The van der Waals surface area contributed by atoms with Gasteiger partial charge in [-0.25, -0.2) is 8.42 Å². The highest BCUT2D eigenvalue weighted by Gasteiger charge is 2.36. The summed E-state index contributed by atoms with van der Waals surface area (Å²) in [5, 5.41) is 2.82. The summed E-state index contributed by atoms with van der Waals surface area (Å²) >= 11 is 0. The van der Waals surface area contributed by atoms with Crippen LogP contribution in [-0.2, 0) is 19.4 Å². The molecule has 0 radical (unpaired) electrons. The van der Waals surface area contributed by atoms with Crippen molar-refractivity contribution in [3.05, 3.63) is 29.8 Å². The minimum absolute atomic E-state index is 0.00995. The smallest absolute Gasteiger partial charge is 0.227 e. The second kappa shape index (κ2) is 6.55. The van der Waals surface area contributed by atoms with Gasteiger partial charge in [0.1, 0.15) is 0 Å². The first-order valence-corrected chi connectivity index (χ1v) is 10.0. The number of amides is 2. The van der Waals surface area contributed by atoms with Gasteiger partial charge in [0.15, 0.2) is 9.84 Å². The molecule has 3 rings (SSSR count). The van der Waals surface area contributed by atoms with Crippen molar-refractivity contribution < 1.29 is 18.0 Å². The van der Waals surface area contributed by atoms with Crippen LogP contribution >= 0.6 is 0 Å². The summed E-state index contributed by atoms with van der Waals surface area (Å²) in [6.07, 6.45) is 0.796. The van der Waals surface area contributed by atoms with Crippen LogP contribution in [0.5, 0.6) is 0 Å². The third-order valence-electron chi connectivity index (χ3n) is 4.73.